The van der Waals surface area contributed by atoms with Crippen molar-refractivity contribution in [3.8, 4) is 0 Å². The van der Waals surface area contributed by atoms with Gasteiger partial charge in [0.25, 0.3) is 5.91 Å². The van der Waals surface area contributed by atoms with Crippen LogP contribution in [0.4, 0.5) is 0 Å². The van der Waals surface area contributed by atoms with Gasteiger partial charge in [-0.2, -0.15) is 0 Å². The van der Waals surface area contributed by atoms with Crippen molar-refractivity contribution in [1.82, 2.24) is 14.3 Å². The van der Waals surface area contributed by atoms with Crippen LogP contribution in [0.25, 0.3) is 5.65 Å². The first-order valence-corrected chi connectivity index (χ1v) is 7.63. The number of carboxylic acid groups (broad SMARTS) is 1. The Morgan fingerprint density at radius 1 is 1.39 bits per heavy atom. The minimum atomic E-state index is -0.868. The highest BCUT2D eigenvalue weighted by Gasteiger charge is 2.54. The average molecular weight is 315 g/mol. The molecule has 0 saturated carbocycles. The Kier molecular flexibility index (Phi) is 3.12. The number of nitrogens with zero attached hydrogens (tertiary/aromatic N) is 3. The lowest BCUT2D eigenvalue weighted by Crippen LogP contribution is -2.45. The number of aromatic nitrogens is 2. The minimum absolute atomic E-state index is 0.143. The van der Waals surface area contributed by atoms with Crippen LogP contribution in [0.2, 0.25) is 0 Å². The van der Waals surface area contributed by atoms with E-state index in [2.05, 4.69) is 4.98 Å². The van der Waals surface area contributed by atoms with Crippen molar-refractivity contribution in [1.29, 1.82) is 0 Å². The molecule has 7 nitrogen and oxygen atoms in total. The van der Waals surface area contributed by atoms with Crippen LogP contribution < -0.4 is 0 Å². The van der Waals surface area contributed by atoms with Crippen molar-refractivity contribution in [2.24, 2.45) is 11.3 Å². The average Bonchev–Trinajstić information content (AvgIpc) is 3.18. The maximum atomic E-state index is 12.8. The summed E-state index contributed by atoms with van der Waals surface area (Å²) >= 11 is 0. The van der Waals surface area contributed by atoms with Gasteiger partial charge < -0.3 is 19.1 Å². The molecular weight excluding hydrogens is 298 g/mol. The highest BCUT2D eigenvalue weighted by Crippen LogP contribution is 2.42. The first-order valence-electron chi connectivity index (χ1n) is 7.63. The minimum Gasteiger partial charge on any atom is -0.481 e. The molecule has 0 aromatic carbocycles. The summed E-state index contributed by atoms with van der Waals surface area (Å²) in [6.45, 7) is 1.51. The summed E-state index contributed by atoms with van der Waals surface area (Å²) in [5.41, 5.74) is 0.440. The monoisotopic (exact) mass is 315 g/mol. The van der Waals surface area contributed by atoms with E-state index in [1.165, 1.54) is 0 Å². The second-order valence-corrected chi connectivity index (χ2v) is 6.28. The Balaban J connectivity index is 1.63. The molecule has 2 saturated heterocycles. The first-order chi connectivity index (χ1) is 11.1. The first kappa shape index (κ1) is 14.2. The van der Waals surface area contributed by atoms with Crippen molar-refractivity contribution in [3.63, 3.8) is 0 Å². The van der Waals surface area contributed by atoms with Crippen molar-refractivity contribution in [3.05, 3.63) is 36.3 Å². The van der Waals surface area contributed by atoms with Gasteiger partial charge in [0.1, 0.15) is 5.65 Å². The van der Waals surface area contributed by atoms with Gasteiger partial charge in [0.15, 0.2) is 0 Å². The molecule has 2 atom stereocenters. The number of hydrogen-bond donors (Lipinski definition) is 1. The molecule has 0 spiro atoms. The normalized spacial score (nSPS) is 27.1. The standard InChI is InChI=1S/C16H17N3O4/c20-14(11-1-2-13-17-4-5-18(13)7-11)19-8-12-9-23-6-3-16(12,10-19)15(21)22/h1-2,4-5,7,12H,3,6,8-10H2,(H,21,22)/t12-,16+/m0/s1. The second-order valence-electron chi connectivity index (χ2n) is 6.28. The van der Waals surface area contributed by atoms with E-state index in [1.807, 2.05) is 0 Å². The second kappa shape index (κ2) is 5.06. The van der Waals surface area contributed by atoms with Gasteiger partial charge >= 0.3 is 5.97 Å². The zero-order valence-electron chi connectivity index (χ0n) is 12.5. The third kappa shape index (κ3) is 2.11. The molecule has 2 aromatic rings. The number of hydrogen-bond acceptors (Lipinski definition) is 4. The van der Waals surface area contributed by atoms with E-state index < -0.39 is 11.4 Å². The molecule has 0 bridgehead atoms. The molecule has 120 valence electrons. The third-order valence-corrected chi connectivity index (χ3v) is 5.06. The number of likely N-dealkylation sites (tertiary alicyclic amines) is 1. The summed E-state index contributed by atoms with van der Waals surface area (Å²) in [6, 6.07) is 3.52. The van der Waals surface area contributed by atoms with Crippen molar-refractivity contribution in [2.75, 3.05) is 26.3 Å². The predicted octanol–water partition coefficient (Wildman–Crippen LogP) is 0.898. The molecule has 2 aliphatic rings. The number of imidazole rings is 1. The zero-order valence-corrected chi connectivity index (χ0v) is 12.5. The van der Waals surface area contributed by atoms with Gasteiger partial charge in [-0.3, -0.25) is 9.59 Å². The van der Waals surface area contributed by atoms with E-state index in [0.717, 1.165) is 5.65 Å². The number of carbonyl (C=O) groups excluding carboxylic acids is 1. The number of ether oxygens (including phenoxy) is 1. The maximum Gasteiger partial charge on any atom is 0.311 e. The summed E-state index contributed by atoms with van der Waals surface area (Å²) in [7, 11) is 0. The lowest BCUT2D eigenvalue weighted by molar-refractivity contribution is -0.157. The molecule has 0 unspecified atom stereocenters. The summed E-state index contributed by atoms with van der Waals surface area (Å²) in [5, 5.41) is 9.68. The van der Waals surface area contributed by atoms with Crippen molar-refractivity contribution >= 4 is 17.5 Å². The SMILES string of the molecule is O=C(c1ccc2nccn2c1)N1C[C@H]2COCC[C@@]2(C(=O)O)C1. The number of amides is 1. The van der Waals surface area contributed by atoms with E-state index in [-0.39, 0.29) is 18.4 Å². The lowest BCUT2D eigenvalue weighted by Gasteiger charge is -2.33. The molecule has 0 aliphatic carbocycles. The fourth-order valence-electron chi connectivity index (χ4n) is 3.68. The zero-order chi connectivity index (χ0) is 16.0. The summed E-state index contributed by atoms with van der Waals surface area (Å²) in [6.07, 6.45) is 5.64. The molecule has 7 heteroatoms. The van der Waals surface area contributed by atoms with Crippen LogP contribution in [0.3, 0.4) is 0 Å². The van der Waals surface area contributed by atoms with E-state index in [0.29, 0.717) is 31.7 Å². The lowest BCUT2D eigenvalue weighted by atomic mass is 9.74. The molecule has 1 N–H and O–H groups in total. The Hall–Kier alpha value is -2.41. The molecule has 4 rings (SSSR count). The third-order valence-electron chi connectivity index (χ3n) is 5.06. The summed E-state index contributed by atoms with van der Waals surface area (Å²) < 4.78 is 7.21. The smallest absolute Gasteiger partial charge is 0.311 e. The van der Waals surface area contributed by atoms with Crippen molar-refractivity contribution < 1.29 is 19.4 Å². The van der Waals surface area contributed by atoms with Gasteiger partial charge in [-0.15, -0.1) is 0 Å². The van der Waals surface area contributed by atoms with Crippen LogP contribution >= 0.6 is 0 Å². The van der Waals surface area contributed by atoms with Gasteiger partial charge in [0, 0.05) is 44.2 Å². The Morgan fingerprint density at radius 3 is 3.04 bits per heavy atom. The van der Waals surface area contributed by atoms with E-state index in [4.69, 9.17) is 4.74 Å². The number of fused-ring (bicyclic) bond motifs is 2. The summed E-state index contributed by atoms with van der Waals surface area (Å²) in [5.74, 6) is -1.11. The van der Waals surface area contributed by atoms with Crippen LogP contribution in [0.15, 0.2) is 30.7 Å². The molecule has 2 fully saturated rings. The van der Waals surface area contributed by atoms with Crippen molar-refractivity contribution in [2.45, 2.75) is 6.42 Å². The quantitative estimate of drug-likeness (QED) is 0.890. The van der Waals surface area contributed by atoms with Gasteiger partial charge in [-0.05, 0) is 18.6 Å². The predicted molar refractivity (Wildman–Crippen MR) is 80.1 cm³/mol. The Bertz CT molecular complexity index is 786. The molecule has 2 aliphatic heterocycles. The fourth-order valence-corrected chi connectivity index (χ4v) is 3.68. The van der Waals surface area contributed by atoms with Crippen LogP contribution in [0, 0.1) is 11.3 Å². The number of rotatable bonds is 2. The number of carboxylic acids is 1. The highest BCUT2D eigenvalue weighted by atomic mass is 16.5. The number of pyridine rings is 1. The number of aliphatic carboxylic acids is 1. The van der Waals surface area contributed by atoms with Crippen LogP contribution in [0.5, 0.6) is 0 Å². The van der Waals surface area contributed by atoms with Crippen LogP contribution in [0.1, 0.15) is 16.8 Å². The fraction of sp³-hybridized carbons (Fsp3) is 0.438. The molecular formula is C16H17N3O4. The van der Waals surface area contributed by atoms with E-state index in [9.17, 15) is 14.7 Å². The van der Waals surface area contributed by atoms with E-state index in [1.54, 1.807) is 40.0 Å². The number of carbonyl (C=O) groups is 2. The molecule has 1 amide bonds. The van der Waals surface area contributed by atoms with Gasteiger partial charge in [-0.1, -0.05) is 0 Å². The van der Waals surface area contributed by atoms with Crippen LogP contribution in [-0.4, -0.2) is 57.6 Å². The van der Waals surface area contributed by atoms with Gasteiger partial charge in [0.2, 0.25) is 0 Å². The Labute approximate surface area is 132 Å². The highest BCUT2D eigenvalue weighted by molar-refractivity contribution is 5.95. The van der Waals surface area contributed by atoms with Crippen LogP contribution in [-0.2, 0) is 9.53 Å². The Morgan fingerprint density at radius 2 is 2.26 bits per heavy atom. The largest absolute Gasteiger partial charge is 0.481 e. The molecule has 23 heavy (non-hydrogen) atoms. The van der Waals surface area contributed by atoms with E-state index >= 15 is 0 Å². The van der Waals surface area contributed by atoms with Gasteiger partial charge in [0.05, 0.1) is 17.6 Å². The van der Waals surface area contributed by atoms with Gasteiger partial charge in [-0.25, -0.2) is 4.98 Å². The summed E-state index contributed by atoms with van der Waals surface area (Å²) in [4.78, 5) is 30.4. The molecule has 2 aromatic heterocycles. The molecule has 0 radical (unpaired) electrons. The maximum absolute atomic E-state index is 12.8. The molecule has 4 heterocycles. The topological polar surface area (TPSA) is 84.1 Å².